The molecule has 144 valence electrons. The molecule has 0 atom stereocenters. The normalized spacial score (nSPS) is 10.4. The first-order valence-corrected chi connectivity index (χ1v) is 8.85. The Bertz CT molecular complexity index is 971. The number of ether oxygens (including phenoxy) is 1. The minimum atomic E-state index is -0.419. The van der Waals surface area contributed by atoms with Crippen LogP contribution in [0.2, 0.25) is 5.02 Å². The number of halogens is 1. The monoisotopic (exact) mass is 398 g/mol. The smallest absolute Gasteiger partial charge is 0.278 e. The summed E-state index contributed by atoms with van der Waals surface area (Å²) in [5, 5.41) is 7.62. The number of nitrogens with zero attached hydrogens (tertiary/aromatic N) is 3. The van der Waals surface area contributed by atoms with E-state index in [1.807, 2.05) is 30.3 Å². The van der Waals surface area contributed by atoms with Crippen LogP contribution in [0.5, 0.6) is 5.75 Å². The molecule has 3 rings (SSSR count). The van der Waals surface area contributed by atoms with Crippen molar-refractivity contribution in [2.75, 3.05) is 26.0 Å². The number of anilines is 1. The predicted molar refractivity (Wildman–Crippen MR) is 107 cm³/mol. The molecule has 1 heterocycles. The van der Waals surface area contributed by atoms with Crippen LogP contribution in [0, 0.1) is 0 Å². The van der Waals surface area contributed by atoms with Crippen molar-refractivity contribution in [3.63, 3.8) is 0 Å². The highest BCUT2D eigenvalue weighted by atomic mass is 35.5. The first-order chi connectivity index (χ1) is 13.5. The molecule has 28 heavy (non-hydrogen) atoms. The van der Waals surface area contributed by atoms with Crippen molar-refractivity contribution in [2.24, 2.45) is 0 Å². The molecule has 0 radical (unpaired) electrons. The van der Waals surface area contributed by atoms with Crippen molar-refractivity contribution in [3.05, 3.63) is 71.5 Å². The Labute approximate surface area is 167 Å². The largest absolute Gasteiger partial charge is 0.493 e. The van der Waals surface area contributed by atoms with Gasteiger partial charge in [0.05, 0.1) is 25.5 Å². The molecular formula is C20H19ClN4O3. The lowest BCUT2D eigenvalue weighted by Gasteiger charge is -2.16. The number of aromatic nitrogens is 2. The zero-order chi connectivity index (χ0) is 20.1. The van der Waals surface area contributed by atoms with Gasteiger partial charge < -0.3 is 15.0 Å². The van der Waals surface area contributed by atoms with E-state index in [-0.39, 0.29) is 18.1 Å². The second-order valence-corrected chi connectivity index (χ2v) is 6.48. The van der Waals surface area contributed by atoms with E-state index in [1.165, 1.54) is 19.1 Å². The summed E-state index contributed by atoms with van der Waals surface area (Å²) in [6.07, 6.45) is 1.63. The fourth-order valence-corrected chi connectivity index (χ4v) is 2.70. The van der Waals surface area contributed by atoms with E-state index in [2.05, 4.69) is 10.4 Å². The van der Waals surface area contributed by atoms with Gasteiger partial charge in [-0.3, -0.25) is 9.59 Å². The molecule has 1 N–H and O–H groups in total. The van der Waals surface area contributed by atoms with Gasteiger partial charge in [-0.25, -0.2) is 4.68 Å². The van der Waals surface area contributed by atoms with Crippen molar-refractivity contribution < 1.29 is 14.3 Å². The van der Waals surface area contributed by atoms with Gasteiger partial charge in [0.25, 0.3) is 5.91 Å². The maximum absolute atomic E-state index is 12.8. The van der Waals surface area contributed by atoms with Crippen LogP contribution in [0.25, 0.3) is 5.69 Å². The highest BCUT2D eigenvalue weighted by Crippen LogP contribution is 2.21. The fraction of sp³-hybridized carbons (Fsp3) is 0.150. The summed E-state index contributed by atoms with van der Waals surface area (Å²) in [4.78, 5) is 26.3. The molecule has 0 aliphatic carbocycles. The van der Waals surface area contributed by atoms with Gasteiger partial charge in [0.1, 0.15) is 0 Å². The summed E-state index contributed by atoms with van der Waals surface area (Å²) in [7, 11) is 3.00. The lowest BCUT2D eigenvalue weighted by Crippen LogP contribution is -2.35. The maximum atomic E-state index is 12.8. The Kier molecular flexibility index (Phi) is 5.96. The SMILES string of the molecule is COc1cn(-c2ccccc2)nc1C(=O)N(C)CC(=O)Nc1ccc(Cl)cc1. The predicted octanol–water partition coefficient (Wildman–Crippen LogP) is 3.25. The number of benzene rings is 2. The summed E-state index contributed by atoms with van der Waals surface area (Å²) >= 11 is 5.83. The van der Waals surface area contributed by atoms with Crippen LogP contribution in [0.4, 0.5) is 5.69 Å². The van der Waals surface area contributed by atoms with Crippen LogP contribution >= 0.6 is 11.6 Å². The Balaban J connectivity index is 1.71. The minimum absolute atomic E-state index is 0.133. The van der Waals surface area contributed by atoms with E-state index in [9.17, 15) is 9.59 Å². The van der Waals surface area contributed by atoms with Gasteiger partial charge in [0, 0.05) is 17.8 Å². The van der Waals surface area contributed by atoms with E-state index < -0.39 is 5.91 Å². The van der Waals surface area contributed by atoms with Gasteiger partial charge in [0.15, 0.2) is 11.4 Å². The number of hydrogen-bond donors (Lipinski definition) is 1. The molecule has 0 saturated carbocycles. The number of carbonyl (C=O) groups is 2. The van der Waals surface area contributed by atoms with Gasteiger partial charge in [0.2, 0.25) is 5.91 Å². The van der Waals surface area contributed by atoms with E-state index in [1.54, 1.807) is 35.1 Å². The standard InChI is InChI=1S/C20H19ClN4O3/c1-24(13-18(26)22-15-10-8-14(21)9-11-15)20(27)19-17(28-2)12-25(23-19)16-6-4-3-5-7-16/h3-12H,13H2,1-2H3,(H,22,26). The third-order valence-electron chi connectivity index (χ3n) is 3.98. The van der Waals surface area contributed by atoms with E-state index >= 15 is 0 Å². The summed E-state index contributed by atoms with van der Waals surface area (Å²) in [6.45, 7) is -0.136. The number of hydrogen-bond acceptors (Lipinski definition) is 4. The second kappa shape index (κ2) is 8.58. The van der Waals surface area contributed by atoms with Crippen LogP contribution in [0.3, 0.4) is 0 Å². The first-order valence-electron chi connectivity index (χ1n) is 8.48. The topological polar surface area (TPSA) is 76.5 Å². The van der Waals surface area contributed by atoms with Crippen LogP contribution in [0.15, 0.2) is 60.8 Å². The van der Waals surface area contributed by atoms with Crippen molar-refractivity contribution >= 4 is 29.1 Å². The van der Waals surface area contributed by atoms with Gasteiger partial charge in [-0.1, -0.05) is 29.8 Å². The lowest BCUT2D eigenvalue weighted by molar-refractivity contribution is -0.116. The molecule has 0 unspecified atom stereocenters. The zero-order valence-corrected chi connectivity index (χ0v) is 16.2. The molecule has 2 aromatic carbocycles. The van der Waals surface area contributed by atoms with Crippen LogP contribution in [-0.4, -0.2) is 47.2 Å². The third-order valence-corrected chi connectivity index (χ3v) is 4.23. The van der Waals surface area contributed by atoms with Gasteiger partial charge in [-0.2, -0.15) is 5.10 Å². The lowest BCUT2D eigenvalue weighted by atomic mass is 10.3. The Morgan fingerprint density at radius 1 is 1.14 bits per heavy atom. The van der Waals surface area contributed by atoms with Crippen molar-refractivity contribution in [1.29, 1.82) is 0 Å². The Morgan fingerprint density at radius 3 is 2.46 bits per heavy atom. The molecule has 0 spiro atoms. The first kappa shape index (κ1) is 19.4. The molecule has 3 aromatic rings. The molecule has 0 aliphatic heterocycles. The van der Waals surface area contributed by atoms with Gasteiger partial charge in [-0.15, -0.1) is 0 Å². The highest BCUT2D eigenvalue weighted by molar-refractivity contribution is 6.30. The van der Waals surface area contributed by atoms with Gasteiger partial charge in [-0.05, 0) is 36.4 Å². The number of para-hydroxylation sites is 1. The van der Waals surface area contributed by atoms with E-state index in [4.69, 9.17) is 16.3 Å². The number of methoxy groups -OCH3 is 1. The summed E-state index contributed by atoms with van der Waals surface area (Å²) < 4.78 is 6.85. The Hall–Kier alpha value is -3.32. The number of carbonyl (C=O) groups excluding carboxylic acids is 2. The Morgan fingerprint density at radius 2 is 1.82 bits per heavy atom. The summed E-state index contributed by atoms with van der Waals surface area (Å²) in [5.74, 6) is -0.420. The van der Waals surface area contributed by atoms with Crippen LogP contribution < -0.4 is 10.1 Å². The number of rotatable bonds is 6. The van der Waals surface area contributed by atoms with Crippen molar-refractivity contribution in [3.8, 4) is 11.4 Å². The number of likely N-dealkylation sites (N-methyl/N-ethyl adjacent to an activating group) is 1. The quantitative estimate of drug-likeness (QED) is 0.691. The maximum Gasteiger partial charge on any atom is 0.278 e. The zero-order valence-electron chi connectivity index (χ0n) is 15.4. The average Bonchev–Trinajstić information content (AvgIpc) is 3.14. The van der Waals surface area contributed by atoms with Crippen LogP contribution in [0.1, 0.15) is 10.5 Å². The molecule has 0 bridgehead atoms. The molecule has 0 saturated heterocycles. The van der Waals surface area contributed by atoms with Crippen molar-refractivity contribution in [1.82, 2.24) is 14.7 Å². The van der Waals surface area contributed by atoms with Crippen LogP contribution in [-0.2, 0) is 4.79 Å². The molecule has 1 aromatic heterocycles. The molecular weight excluding hydrogens is 380 g/mol. The van der Waals surface area contributed by atoms with Gasteiger partial charge >= 0.3 is 0 Å². The van der Waals surface area contributed by atoms with Crippen molar-refractivity contribution in [2.45, 2.75) is 0 Å². The third kappa shape index (κ3) is 4.50. The fourth-order valence-electron chi connectivity index (χ4n) is 2.57. The number of amides is 2. The minimum Gasteiger partial charge on any atom is -0.493 e. The number of nitrogens with one attached hydrogen (secondary N) is 1. The summed E-state index contributed by atoms with van der Waals surface area (Å²) in [6, 6.07) is 16.1. The summed E-state index contributed by atoms with van der Waals surface area (Å²) in [5.41, 5.74) is 1.53. The van der Waals surface area contributed by atoms with E-state index in [0.717, 1.165) is 5.69 Å². The molecule has 7 nitrogen and oxygen atoms in total. The molecule has 8 heteroatoms. The molecule has 0 fully saturated rings. The molecule has 0 aliphatic rings. The average molecular weight is 399 g/mol. The highest BCUT2D eigenvalue weighted by Gasteiger charge is 2.23. The second-order valence-electron chi connectivity index (χ2n) is 6.04. The molecule has 2 amide bonds. The van der Waals surface area contributed by atoms with E-state index in [0.29, 0.717) is 16.5 Å².